The zero-order valence-corrected chi connectivity index (χ0v) is 15.1. The van der Waals surface area contributed by atoms with Crippen molar-refractivity contribution in [3.63, 3.8) is 0 Å². The van der Waals surface area contributed by atoms with Crippen LogP contribution in [0, 0.1) is 6.92 Å². The topological polar surface area (TPSA) is 76.1 Å². The lowest BCUT2D eigenvalue weighted by molar-refractivity contribution is 0.0948. The van der Waals surface area contributed by atoms with Gasteiger partial charge in [-0.2, -0.15) is 0 Å². The quantitative estimate of drug-likeness (QED) is 0.685. The number of benzene rings is 1. The summed E-state index contributed by atoms with van der Waals surface area (Å²) in [4.78, 5) is 20.7. The monoisotopic (exact) mass is 342 g/mol. The SMILES string of the molecule is CCCCNC(=O)c1cc(NCCc2ccccc2OC)nc(C)n1. The van der Waals surface area contributed by atoms with Gasteiger partial charge in [0, 0.05) is 19.2 Å². The minimum Gasteiger partial charge on any atom is -0.496 e. The molecular formula is C19H26N4O2. The van der Waals surface area contributed by atoms with E-state index in [1.165, 1.54) is 0 Å². The highest BCUT2D eigenvalue weighted by atomic mass is 16.5. The molecule has 0 spiro atoms. The van der Waals surface area contributed by atoms with Gasteiger partial charge in [-0.1, -0.05) is 31.5 Å². The van der Waals surface area contributed by atoms with Crippen molar-refractivity contribution in [1.29, 1.82) is 0 Å². The van der Waals surface area contributed by atoms with Gasteiger partial charge in [-0.15, -0.1) is 0 Å². The molecule has 25 heavy (non-hydrogen) atoms. The van der Waals surface area contributed by atoms with Crippen molar-refractivity contribution in [3.05, 3.63) is 47.4 Å². The second kappa shape index (κ2) is 9.61. The molecule has 134 valence electrons. The smallest absolute Gasteiger partial charge is 0.270 e. The molecule has 0 aliphatic rings. The van der Waals surface area contributed by atoms with E-state index < -0.39 is 0 Å². The number of unbranched alkanes of at least 4 members (excludes halogenated alkanes) is 1. The average molecular weight is 342 g/mol. The Balaban J connectivity index is 1.96. The van der Waals surface area contributed by atoms with Gasteiger partial charge in [-0.05, 0) is 31.4 Å². The third-order valence-corrected chi connectivity index (χ3v) is 3.78. The molecule has 0 bridgehead atoms. The van der Waals surface area contributed by atoms with Gasteiger partial charge in [0.1, 0.15) is 23.1 Å². The summed E-state index contributed by atoms with van der Waals surface area (Å²) in [5.74, 6) is 1.94. The molecule has 0 unspecified atom stereocenters. The Bertz CT molecular complexity index is 704. The summed E-state index contributed by atoms with van der Waals surface area (Å²) < 4.78 is 5.36. The summed E-state index contributed by atoms with van der Waals surface area (Å²) in [6.45, 7) is 5.22. The number of anilines is 1. The molecule has 1 amide bonds. The van der Waals surface area contributed by atoms with Crippen molar-refractivity contribution >= 4 is 11.7 Å². The fourth-order valence-electron chi connectivity index (χ4n) is 2.48. The van der Waals surface area contributed by atoms with E-state index in [4.69, 9.17) is 4.74 Å². The molecule has 1 heterocycles. The minimum atomic E-state index is -0.160. The number of aromatic nitrogens is 2. The molecule has 0 fully saturated rings. The zero-order valence-electron chi connectivity index (χ0n) is 15.1. The van der Waals surface area contributed by atoms with Crippen LogP contribution in [0.15, 0.2) is 30.3 Å². The van der Waals surface area contributed by atoms with Crippen LogP contribution in [0.25, 0.3) is 0 Å². The van der Waals surface area contributed by atoms with Crippen molar-refractivity contribution in [3.8, 4) is 5.75 Å². The number of hydrogen-bond donors (Lipinski definition) is 2. The lowest BCUT2D eigenvalue weighted by Crippen LogP contribution is -2.26. The number of amides is 1. The van der Waals surface area contributed by atoms with E-state index >= 15 is 0 Å². The fourth-order valence-corrected chi connectivity index (χ4v) is 2.48. The zero-order chi connectivity index (χ0) is 18.1. The van der Waals surface area contributed by atoms with E-state index in [1.807, 2.05) is 24.3 Å². The number of carbonyl (C=O) groups excluding carboxylic acids is 1. The largest absolute Gasteiger partial charge is 0.496 e. The molecule has 2 N–H and O–H groups in total. The Morgan fingerprint density at radius 1 is 1.20 bits per heavy atom. The van der Waals surface area contributed by atoms with E-state index in [1.54, 1.807) is 20.1 Å². The Morgan fingerprint density at radius 2 is 2.00 bits per heavy atom. The second-order valence-corrected chi connectivity index (χ2v) is 5.78. The van der Waals surface area contributed by atoms with Gasteiger partial charge < -0.3 is 15.4 Å². The van der Waals surface area contributed by atoms with Gasteiger partial charge in [0.15, 0.2) is 0 Å². The molecule has 0 aliphatic carbocycles. The van der Waals surface area contributed by atoms with Gasteiger partial charge in [-0.3, -0.25) is 4.79 Å². The normalized spacial score (nSPS) is 10.4. The summed E-state index contributed by atoms with van der Waals surface area (Å²) >= 11 is 0. The van der Waals surface area contributed by atoms with Gasteiger partial charge in [0.2, 0.25) is 0 Å². The van der Waals surface area contributed by atoms with Crippen molar-refractivity contribution in [2.75, 3.05) is 25.5 Å². The van der Waals surface area contributed by atoms with Crippen LogP contribution in [-0.4, -0.2) is 36.1 Å². The summed E-state index contributed by atoms with van der Waals surface area (Å²) in [6.07, 6.45) is 2.80. The summed E-state index contributed by atoms with van der Waals surface area (Å²) in [5.41, 5.74) is 1.52. The highest BCUT2D eigenvalue weighted by Gasteiger charge is 2.10. The Hall–Kier alpha value is -2.63. The average Bonchev–Trinajstić information content (AvgIpc) is 2.62. The molecule has 0 saturated heterocycles. The lowest BCUT2D eigenvalue weighted by atomic mass is 10.1. The number of methoxy groups -OCH3 is 1. The number of ether oxygens (including phenoxy) is 1. The predicted molar refractivity (Wildman–Crippen MR) is 99.2 cm³/mol. The van der Waals surface area contributed by atoms with Crippen LogP contribution in [0.4, 0.5) is 5.82 Å². The third kappa shape index (κ3) is 5.74. The fraction of sp³-hybridized carbons (Fsp3) is 0.421. The second-order valence-electron chi connectivity index (χ2n) is 5.78. The molecule has 1 aromatic carbocycles. The van der Waals surface area contributed by atoms with Gasteiger partial charge in [-0.25, -0.2) is 9.97 Å². The van der Waals surface area contributed by atoms with Crippen molar-refractivity contribution in [2.24, 2.45) is 0 Å². The molecule has 0 atom stereocenters. The molecule has 0 saturated carbocycles. The molecule has 6 nitrogen and oxygen atoms in total. The maximum absolute atomic E-state index is 12.2. The van der Waals surface area contributed by atoms with E-state index in [0.29, 0.717) is 30.4 Å². The van der Waals surface area contributed by atoms with Crippen LogP contribution >= 0.6 is 0 Å². The Morgan fingerprint density at radius 3 is 2.76 bits per heavy atom. The minimum absolute atomic E-state index is 0.160. The summed E-state index contributed by atoms with van der Waals surface area (Å²) in [7, 11) is 1.67. The number of nitrogens with one attached hydrogen (secondary N) is 2. The number of nitrogens with zero attached hydrogens (tertiary/aromatic N) is 2. The van der Waals surface area contributed by atoms with E-state index in [9.17, 15) is 4.79 Å². The predicted octanol–water partition coefficient (Wildman–Crippen LogP) is 2.98. The van der Waals surface area contributed by atoms with Gasteiger partial charge in [0.25, 0.3) is 5.91 Å². The maximum Gasteiger partial charge on any atom is 0.270 e. The summed E-state index contributed by atoms with van der Waals surface area (Å²) in [5, 5.41) is 6.14. The molecule has 2 rings (SSSR count). The Labute approximate surface area is 149 Å². The van der Waals surface area contributed by atoms with E-state index in [2.05, 4.69) is 27.5 Å². The third-order valence-electron chi connectivity index (χ3n) is 3.78. The number of rotatable bonds is 9. The molecule has 1 aromatic heterocycles. The Kier molecular flexibility index (Phi) is 7.19. The van der Waals surface area contributed by atoms with Gasteiger partial charge >= 0.3 is 0 Å². The number of para-hydroxylation sites is 1. The van der Waals surface area contributed by atoms with Crippen LogP contribution in [0.2, 0.25) is 0 Å². The van der Waals surface area contributed by atoms with Crippen molar-refractivity contribution in [2.45, 2.75) is 33.1 Å². The van der Waals surface area contributed by atoms with E-state index in [0.717, 1.165) is 30.6 Å². The molecule has 0 aliphatic heterocycles. The lowest BCUT2D eigenvalue weighted by Gasteiger charge is -2.11. The first-order valence-corrected chi connectivity index (χ1v) is 8.63. The highest BCUT2D eigenvalue weighted by Crippen LogP contribution is 2.17. The van der Waals surface area contributed by atoms with Crippen molar-refractivity contribution in [1.82, 2.24) is 15.3 Å². The first-order chi connectivity index (χ1) is 12.1. The summed E-state index contributed by atoms with van der Waals surface area (Å²) in [6, 6.07) is 9.62. The van der Waals surface area contributed by atoms with Gasteiger partial charge in [0.05, 0.1) is 7.11 Å². The maximum atomic E-state index is 12.2. The number of hydrogen-bond acceptors (Lipinski definition) is 5. The van der Waals surface area contributed by atoms with Crippen LogP contribution in [-0.2, 0) is 6.42 Å². The van der Waals surface area contributed by atoms with E-state index in [-0.39, 0.29) is 5.91 Å². The van der Waals surface area contributed by atoms with Crippen LogP contribution in [0.5, 0.6) is 5.75 Å². The van der Waals surface area contributed by atoms with Crippen LogP contribution in [0.1, 0.15) is 41.6 Å². The van der Waals surface area contributed by atoms with Crippen LogP contribution in [0.3, 0.4) is 0 Å². The number of aryl methyl sites for hydroxylation is 1. The number of carbonyl (C=O) groups is 1. The molecular weight excluding hydrogens is 316 g/mol. The first kappa shape index (κ1) is 18.7. The molecule has 2 aromatic rings. The standard InChI is InChI=1S/C19H26N4O2/c1-4-5-11-21-19(24)16-13-18(23-14(2)22-16)20-12-10-15-8-6-7-9-17(15)25-3/h6-9,13H,4-5,10-12H2,1-3H3,(H,21,24)(H,20,22,23). The van der Waals surface area contributed by atoms with Crippen LogP contribution < -0.4 is 15.4 Å². The molecule has 6 heteroatoms. The van der Waals surface area contributed by atoms with Crippen molar-refractivity contribution < 1.29 is 9.53 Å². The highest BCUT2D eigenvalue weighted by molar-refractivity contribution is 5.92. The first-order valence-electron chi connectivity index (χ1n) is 8.63. The molecule has 0 radical (unpaired) electrons.